The molecule has 0 aliphatic carbocycles. The first-order valence-electron chi connectivity index (χ1n) is 7.83. The van der Waals surface area contributed by atoms with Crippen LogP contribution in [0.3, 0.4) is 0 Å². The highest BCUT2D eigenvalue weighted by molar-refractivity contribution is 5.28. The molecule has 0 heteroatoms. The van der Waals surface area contributed by atoms with Gasteiger partial charge in [0.25, 0.3) is 0 Å². The molecule has 0 heterocycles. The van der Waals surface area contributed by atoms with Gasteiger partial charge in [-0.2, -0.15) is 0 Å². The summed E-state index contributed by atoms with van der Waals surface area (Å²) in [7, 11) is 0. The molecule has 0 aliphatic rings. The van der Waals surface area contributed by atoms with Crippen LogP contribution in [-0.2, 0) is 12.8 Å². The fraction of sp³-hybridized carbons (Fsp3) is 0.400. The zero-order valence-electron chi connectivity index (χ0n) is 13.0. The van der Waals surface area contributed by atoms with E-state index in [4.69, 9.17) is 0 Å². The fourth-order valence-corrected chi connectivity index (χ4v) is 2.59. The molecule has 2 aromatic carbocycles. The third-order valence-corrected chi connectivity index (χ3v) is 4.03. The van der Waals surface area contributed by atoms with Gasteiger partial charge in [0.05, 0.1) is 0 Å². The second-order valence-electron chi connectivity index (χ2n) is 5.94. The largest absolute Gasteiger partial charge is 0.0654 e. The zero-order chi connectivity index (χ0) is 14.4. The maximum Gasteiger partial charge on any atom is -0.0150 e. The van der Waals surface area contributed by atoms with Crippen molar-refractivity contribution in [2.75, 3.05) is 0 Å². The van der Waals surface area contributed by atoms with Gasteiger partial charge in [0.2, 0.25) is 0 Å². The molecule has 0 amide bonds. The zero-order valence-corrected chi connectivity index (χ0v) is 13.0. The molecule has 0 fully saturated rings. The van der Waals surface area contributed by atoms with Gasteiger partial charge in [-0.1, -0.05) is 74.4 Å². The Balaban J connectivity index is 1.98. The quantitative estimate of drug-likeness (QED) is 0.630. The second kappa shape index (κ2) is 7.28. The van der Waals surface area contributed by atoms with Gasteiger partial charge < -0.3 is 0 Å². The molecule has 0 spiro atoms. The van der Waals surface area contributed by atoms with E-state index in [0.29, 0.717) is 5.92 Å². The lowest BCUT2D eigenvalue weighted by atomic mass is 9.92. The van der Waals surface area contributed by atoms with E-state index in [1.807, 2.05) is 0 Å². The minimum absolute atomic E-state index is 0.581. The number of hydrogen-bond donors (Lipinski definition) is 0. The normalized spacial score (nSPS) is 12.3. The Hall–Kier alpha value is -1.56. The van der Waals surface area contributed by atoms with Gasteiger partial charge in [-0.15, -0.1) is 0 Å². The van der Waals surface area contributed by atoms with Crippen LogP contribution in [0, 0.1) is 6.92 Å². The van der Waals surface area contributed by atoms with Gasteiger partial charge in [0.1, 0.15) is 0 Å². The van der Waals surface area contributed by atoms with Crippen molar-refractivity contribution in [3.05, 3.63) is 70.8 Å². The Kier molecular flexibility index (Phi) is 5.40. The van der Waals surface area contributed by atoms with Gasteiger partial charge in [0, 0.05) is 0 Å². The summed E-state index contributed by atoms with van der Waals surface area (Å²) in [5.41, 5.74) is 5.68. The van der Waals surface area contributed by atoms with Crippen LogP contribution in [0.5, 0.6) is 0 Å². The predicted molar refractivity (Wildman–Crippen MR) is 88.4 cm³/mol. The van der Waals surface area contributed by atoms with Crippen LogP contribution in [-0.4, -0.2) is 0 Å². The van der Waals surface area contributed by atoms with Crippen LogP contribution in [0.2, 0.25) is 0 Å². The third-order valence-electron chi connectivity index (χ3n) is 4.03. The van der Waals surface area contributed by atoms with Gasteiger partial charge in [-0.3, -0.25) is 0 Å². The van der Waals surface area contributed by atoms with Crippen molar-refractivity contribution in [3.8, 4) is 0 Å². The Morgan fingerprint density at radius 3 is 2.05 bits per heavy atom. The van der Waals surface area contributed by atoms with E-state index in [1.165, 1.54) is 41.5 Å². The minimum atomic E-state index is 0.581. The van der Waals surface area contributed by atoms with E-state index in [9.17, 15) is 0 Å². The first kappa shape index (κ1) is 14.8. The molecule has 1 unspecified atom stereocenters. The maximum atomic E-state index is 2.32. The van der Waals surface area contributed by atoms with Crippen LogP contribution >= 0.6 is 0 Å². The van der Waals surface area contributed by atoms with Gasteiger partial charge in [-0.25, -0.2) is 0 Å². The molecule has 2 aromatic rings. The second-order valence-corrected chi connectivity index (χ2v) is 5.94. The van der Waals surface area contributed by atoms with Crippen LogP contribution in [0.4, 0.5) is 0 Å². The Morgan fingerprint density at radius 2 is 1.45 bits per heavy atom. The minimum Gasteiger partial charge on any atom is -0.0654 e. The molecule has 0 bridgehead atoms. The van der Waals surface area contributed by atoms with E-state index in [1.54, 1.807) is 0 Å². The van der Waals surface area contributed by atoms with Crippen molar-refractivity contribution in [2.24, 2.45) is 0 Å². The molecule has 0 aliphatic heterocycles. The Bertz CT molecular complexity index is 505. The van der Waals surface area contributed by atoms with Gasteiger partial charge in [-0.05, 0) is 48.8 Å². The molecule has 0 nitrogen and oxygen atoms in total. The number of rotatable bonds is 6. The van der Waals surface area contributed by atoms with Gasteiger partial charge in [0.15, 0.2) is 0 Å². The summed E-state index contributed by atoms with van der Waals surface area (Å²) in [5, 5.41) is 0. The molecule has 106 valence electrons. The summed E-state index contributed by atoms with van der Waals surface area (Å²) in [4.78, 5) is 0. The molecule has 0 saturated heterocycles. The molecular weight excluding hydrogens is 240 g/mol. The predicted octanol–water partition coefficient (Wildman–Crippen LogP) is 5.68. The summed E-state index contributed by atoms with van der Waals surface area (Å²) in [6.45, 7) is 6.71. The first-order chi connectivity index (χ1) is 9.69. The van der Waals surface area contributed by atoms with Crippen molar-refractivity contribution in [2.45, 2.75) is 52.4 Å². The molecule has 0 saturated carbocycles. The highest BCUT2D eigenvalue weighted by Crippen LogP contribution is 2.21. The molecule has 2 rings (SSSR count). The van der Waals surface area contributed by atoms with Crippen LogP contribution < -0.4 is 0 Å². The maximum absolute atomic E-state index is 2.32. The van der Waals surface area contributed by atoms with E-state index in [-0.39, 0.29) is 0 Å². The molecule has 20 heavy (non-hydrogen) atoms. The summed E-state index contributed by atoms with van der Waals surface area (Å²) in [6.07, 6.45) is 4.89. The van der Waals surface area contributed by atoms with Crippen molar-refractivity contribution in [3.63, 3.8) is 0 Å². The lowest BCUT2D eigenvalue weighted by molar-refractivity contribution is 0.755. The summed E-state index contributed by atoms with van der Waals surface area (Å²) >= 11 is 0. The summed E-state index contributed by atoms with van der Waals surface area (Å²) < 4.78 is 0. The number of benzene rings is 2. The van der Waals surface area contributed by atoms with E-state index < -0.39 is 0 Å². The van der Waals surface area contributed by atoms with E-state index >= 15 is 0 Å². The molecule has 0 radical (unpaired) electrons. The van der Waals surface area contributed by atoms with E-state index in [2.05, 4.69) is 69.3 Å². The van der Waals surface area contributed by atoms with Crippen molar-refractivity contribution >= 4 is 0 Å². The number of aryl methyl sites for hydroxylation is 2. The van der Waals surface area contributed by atoms with Gasteiger partial charge >= 0.3 is 0 Å². The fourth-order valence-electron chi connectivity index (χ4n) is 2.59. The average molecular weight is 266 g/mol. The van der Waals surface area contributed by atoms with Crippen LogP contribution in [0.1, 0.15) is 54.9 Å². The Labute approximate surface area is 123 Å². The monoisotopic (exact) mass is 266 g/mol. The standard InChI is InChI=1S/C20H26/c1-4-5-6-18-11-13-20(14-12-18)17(3)15-19-9-7-16(2)8-10-19/h7-14,17H,4-6,15H2,1-3H3. The first-order valence-corrected chi connectivity index (χ1v) is 7.83. The van der Waals surface area contributed by atoms with Crippen LogP contribution in [0.15, 0.2) is 48.5 Å². The van der Waals surface area contributed by atoms with Crippen molar-refractivity contribution < 1.29 is 0 Å². The van der Waals surface area contributed by atoms with Crippen molar-refractivity contribution in [1.29, 1.82) is 0 Å². The van der Waals surface area contributed by atoms with E-state index in [0.717, 1.165) is 6.42 Å². The number of unbranched alkanes of at least 4 members (excludes halogenated alkanes) is 1. The summed E-state index contributed by atoms with van der Waals surface area (Å²) in [5.74, 6) is 0.581. The molecule has 1 atom stereocenters. The molecule has 0 aromatic heterocycles. The smallest absolute Gasteiger partial charge is 0.0150 e. The lowest BCUT2D eigenvalue weighted by Gasteiger charge is -2.13. The molecular formula is C20H26. The summed E-state index contributed by atoms with van der Waals surface area (Å²) in [6, 6.07) is 18.1. The highest BCUT2D eigenvalue weighted by Gasteiger charge is 2.06. The SMILES string of the molecule is CCCCc1ccc(C(C)Cc2ccc(C)cc2)cc1. The topological polar surface area (TPSA) is 0 Å². The average Bonchev–Trinajstić information content (AvgIpc) is 2.48. The number of hydrogen-bond acceptors (Lipinski definition) is 0. The lowest BCUT2D eigenvalue weighted by Crippen LogP contribution is -1.99. The third kappa shape index (κ3) is 4.23. The Morgan fingerprint density at radius 1 is 0.850 bits per heavy atom. The molecule has 0 N–H and O–H groups in total. The highest BCUT2D eigenvalue weighted by atomic mass is 14.1. The van der Waals surface area contributed by atoms with Crippen LogP contribution in [0.25, 0.3) is 0 Å². The van der Waals surface area contributed by atoms with Crippen molar-refractivity contribution in [1.82, 2.24) is 0 Å².